The van der Waals surface area contributed by atoms with Gasteiger partial charge in [-0.05, 0) is 57.9 Å². The Kier molecular flexibility index (Phi) is 4.45. The third-order valence-electron chi connectivity index (χ3n) is 3.86. The molecule has 0 saturated heterocycles. The van der Waals surface area contributed by atoms with Gasteiger partial charge in [-0.15, -0.1) is 0 Å². The smallest absolute Gasteiger partial charge is 0.273 e. The Balaban J connectivity index is 1.52. The number of hydrogen-bond acceptors (Lipinski definition) is 4. The molecule has 2 aromatic carbocycles. The minimum Gasteiger partial charge on any atom is -0.454 e. The van der Waals surface area contributed by atoms with E-state index in [9.17, 15) is 4.79 Å². The van der Waals surface area contributed by atoms with Crippen molar-refractivity contribution in [2.45, 2.75) is 0 Å². The summed E-state index contributed by atoms with van der Waals surface area (Å²) in [6.07, 6.45) is 5.34. The normalized spacial score (nSPS) is 12.5. The van der Waals surface area contributed by atoms with E-state index in [-0.39, 0.29) is 12.7 Å². The van der Waals surface area contributed by atoms with Crippen molar-refractivity contribution >= 4 is 28.1 Å². The van der Waals surface area contributed by atoms with Gasteiger partial charge in [-0.2, -0.15) is 5.10 Å². The number of fused-ring (bicyclic) bond motifs is 1. The van der Waals surface area contributed by atoms with Gasteiger partial charge < -0.3 is 14.0 Å². The van der Waals surface area contributed by atoms with Gasteiger partial charge >= 0.3 is 0 Å². The first-order valence-electron chi connectivity index (χ1n) is 7.87. The molecule has 0 aliphatic carbocycles. The molecule has 6 nitrogen and oxygen atoms in total. The van der Waals surface area contributed by atoms with E-state index in [4.69, 9.17) is 9.47 Å². The highest BCUT2D eigenvalue weighted by atomic mass is 79.9. The highest BCUT2D eigenvalue weighted by Crippen LogP contribution is 2.39. The topological polar surface area (TPSA) is 64.8 Å². The van der Waals surface area contributed by atoms with Gasteiger partial charge in [-0.1, -0.05) is 12.1 Å². The van der Waals surface area contributed by atoms with Crippen LogP contribution >= 0.6 is 15.9 Å². The van der Waals surface area contributed by atoms with Gasteiger partial charge in [0, 0.05) is 12.4 Å². The fourth-order valence-corrected chi connectivity index (χ4v) is 3.25. The molecule has 1 aliphatic heterocycles. The molecule has 0 saturated carbocycles. The zero-order valence-electron chi connectivity index (χ0n) is 13.6. The molecule has 1 N–H and O–H groups in total. The number of nitrogens with zero attached hydrogens (tertiary/aromatic N) is 2. The Bertz CT molecular complexity index is 984. The summed E-state index contributed by atoms with van der Waals surface area (Å²) in [5.74, 6) is 1.03. The van der Waals surface area contributed by atoms with Crippen molar-refractivity contribution in [3.05, 3.63) is 76.5 Å². The number of benzene rings is 2. The molecule has 0 atom stereocenters. The maximum absolute atomic E-state index is 12.5. The fraction of sp³-hybridized carbons (Fsp3) is 0.0526. The molecule has 0 bridgehead atoms. The Hall–Kier alpha value is -3.06. The number of halogens is 1. The van der Waals surface area contributed by atoms with Gasteiger partial charge in [0.05, 0.1) is 21.9 Å². The zero-order valence-corrected chi connectivity index (χ0v) is 15.1. The maximum atomic E-state index is 12.5. The number of carbonyl (C=O) groups is 1. The minimum atomic E-state index is -0.287. The van der Waals surface area contributed by atoms with E-state index in [1.807, 2.05) is 53.4 Å². The van der Waals surface area contributed by atoms with E-state index in [0.29, 0.717) is 17.1 Å². The molecule has 130 valence electrons. The van der Waals surface area contributed by atoms with E-state index < -0.39 is 0 Å². The average Bonchev–Trinajstić information content (AvgIpc) is 3.33. The van der Waals surface area contributed by atoms with Crippen LogP contribution in [0, 0.1) is 0 Å². The number of hydrazone groups is 1. The van der Waals surface area contributed by atoms with Gasteiger partial charge in [-0.25, -0.2) is 5.43 Å². The summed E-state index contributed by atoms with van der Waals surface area (Å²) < 4.78 is 13.4. The predicted octanol–water partition coefficient (Wildman–Crippen LogP) is 3.73. The predicted molar refractivity (Wildman–Crippen MR) is 101 cm³/mol. The molecule has 3 aromatic rings. The van der Waals surface area contributed by atoms with Crippen LogP contribution in [0.5, 0.6) is 11.5 Å². The van der Waals surface area contributed by atoms with E-state index in [1.165, 1.54) is 0 Å². The third kappa shape index (κ3) is 3.21. The molecule has 0 unspecified atom stereocenters. The summed E-state index contributed by atoms with van der Waals surface area (Å²) in [7, 11) is 0. The van der Waals surface area contributed by atoms with E-state index >= 15 is 0 Å². The SMILES string of the molecule is O=C(N/N=C\c1cc(Br)c2c(c1)OCO2)c1ccccc1-n1cccc1. The third-order valence-corrected chi connectivity index (χ3v) is 4.45. The van der Waals surface area contributed by atoms with E-state index in [0.717, 1.165) is 15.7 Å². The minimum absolute atomic E-state index is 0.196. The molecule has 1 aliphatic rings. The number of carbonyl (C=O) groups excluding carboxylic acids is 1. The standard InChI is InChI=1S/C19H14BrN3O3/c20-15-9-13(10-17-18(15)26-12-25-17)11-21-22-19(24)14-5-1-2-6-16(14)23-7-3-4-8-23/h1-11H,12H2,(H,22,24)/b21-11-. The van der Waals surface area contributed by atoms with E-state index in [1.54, 1.807) is 18.3 Å². The Morgan fingerprint density at radius 2 is 1.96 bits per heavy atom. The van der Waals surface area contributed by atoms with Gasteiger partial charge in [0.2, 0.25) is 6.79 Å². The molecular weight excluding hydrogens is 398 g/mol. The van der Waals surface area contributed by atoms with Gasteiger partial charge in [0.25, 0.3) is 5.91 Å². The van der Waals surface area contributed by atoms with Crippen molar-refractivity contribution in [3.8, 4) is 17.2 Å². The molecule has 0 fully saturated rings. The molecule has 1 aromatic heterocycles. The van der Waals surface area contributed by atoms with Crippen molar-refractivity contribution in [2.24, 2.45) is 5.10 Å². The van der Waals surface area contributed by atoms with Crippen LogP contribution < -0.4 is 14.9 Å². The van der Waals surface area contributed by atoms with Gasteiger partial charge in [-0.3, -0.25) is 4.79 Å². The van der Waals surface area contributed by atoms with Gasteiger partial charge in [0.15, 0.2) is 11.5 Å². The van der Waals surface area contributed by atoms with Crippen LogP contribution in [-0.2, 0) is 0 Å². The molecule has 7 heteroatoms. The largest absolute Gasteiger partial charge is 0.454 e. The molecule has 4 rings (SSSR count). The highest BCUT2D eigenvalue weighted by molar-refractivity contribution is 9.10. The lowest BCUT2D eigenvalue weighted by molar-refractivity contribution is 0.0955. The Morgan fingerprint density at radius 3 is 2.81 bits per heavy atom. The second kappa shape index (κ2) is 7.05. The number of ether oxygens (including phenoxy) is 2. The molecule has 0 radical (unpaired) electrons. The van der Waals surface area contributed by atoms with Crippen LogP contribution in [0.4, 0.5) is 0 Å². The lowest BCUT2D eigenvalue weighted by Gasteiger charge is -2.09. The number of amides is 1. The summed E-state index contributed by atoms with van der Waals surface area (Å²) in [4.78, 5) is 12.5. The van der Waals surface area contributed by atoms with Crippen LogP contribution in [-0.4, -0.2) is 23.5 Å². The summed E-state index contributed by atoms with van der Waals surface area (Å²) in [6.45, 7) is 0.196. The second-order valence-corrected chi connectivity index (χ2v) is 6.40. The van der Waals surface area contributed by atoms with Crippen LogP contribution in [0.25, 0.3) is 5.69 Å². The number of hydrogen-bond donors (Lipinski definition) is 1. The molecule has 26 heavy (non-hydrogen) atoms. The van der Waals surface area contributed by atoms with Crippen LogP contribution in [0.3, 0.4) is 0 Å². The first-order chi connectivity index (χ1) is 12.7. The molecular formula is C19H14BrN3O3. The summed E-state index contributed by atoms with van der Waals surface area (Å²) in [5.41, 5.74) is 4.67. The maximum Gasteiger partial charge on any atom is 0.273 e. The zero-order chi connectivity index (χ0) is 17.9. The van der Waals surface area contributed by atoms with Crippen molar-refractivity contribution in [3.63, 3.8) is 0 Å². The van der Waals surface area contributed by atoms with Crippen LogP contribution in [0.15, 0.2) is 70.5 Å². The Morgan fingerprint density at radius 1 is 1.15 bits per heavy atom. The monoisotopic (exact) mass is 411 g/mol. The van der Waals surface area contributed by atoms with Crippen molar-refractivity contribution in [1.29, 1.82) is 0 Å². The fourth-order valence-electron chi connectivity index (χ4n) is 2.67. The number of rotatable bonds is 4. The second-order valence-electron chi connectivity index (χ2n) is 5.54. The number of aromatic nitrogens is 1. The molecule has 1 amide bonds. The first kappa shape index (κ1) is 16.4. The Labute approximate surface area is 158 Å². The highest BCUT2D eigenvalue weighted by Gasteiger charge is 2.17. The summed E-state index contributed by atoms with van der Waals surface area (Å²) in [6, 6.07) is 14.8. The molecule has 0 spiro atoms. The summed E-state index contributed by atoms with van der Waals surface area (Å²) >= 11 is 3.43. The number of nitrogens with one attached hydrogen (secondary N) is 1. The van der Waals surface area contributed by atoms with Crippen molar-refractivity contribution < 1.29 is 14.3 Å². The first-order valence-corrected chi connectivity index (χ1v) is 8.66. The van der Waals surface area contributed by atoms with Crippen LogP contribution in [0.1, 0.15) is 15.9 Å². The van der Waals surface area contributed by atoms with E-state index in [2.05, 4.69) is 26.5 Å². The quantitative estimate of drug-likeness (QED) is 0.525. The lowest BCUT2D eigenvalue weighted by Crippen LogP contribution is -2.19. The average molecular weight is 412 g/mol. The van der Waals surface area contributed by atoms with Crippen molar-refractivity contribution in [1.82, 2.24) is 9.99 Å². The van der Waals surface area contributed by atoms with Crippen molar-refractivity contribution in [2.75, 3.05) is 6.79 Å². The van der Waals surface area contributed by atoms with Crippen LogP contribution in [0.2, 0.25) is 0 Å². The lowest BCUT2D eigenvalue weighted by atomic mass is 10.1. The number of para-hydroxylation sites is 1. The molecule has 2 heterocycles. The summed E-state index contributed by atoms with van der Waals surface area (Å²) in [5, 5.41) is 4.06. The van der Waals surface area contributed by atoms with Gasteiger partial charge in [0.1, 0.15) is 0 Å².